The van der Waals surface area contributed by atoms with E-state index in [4.69, 9.17) is 0 Å². The molecule has 7 heteroatoms. The van der Waals surface area contributed by atoms with Crippen molar-refractivity contribution in [2.75, 3.05) is 50.7 Å². The standard InChI is InChI=1S/C19H32N6S/c1-2-7-19(8-3-1)17-25(26-22-19)12-5-4-11-23-13-15-24(16-14-23)18-20-9-6-10-21-18/h6,9-10,22H,1-5,7-8,11-17H2. The number of piperazine rings is 1. The third-order valence-electron chi connectivity index (χ3n) is 6.02. The van der Waals surface area contributed by atoms with Crippen LogP contribution in [0.3, 0.4) is 0 Å². The fourth-order valence-corrected chi connectivity index (χ4v) is 5.55. The summed E-state index contributed by atoms with van der Waals surface area (Å²) in [7, 11) is 0. The normalized spacial score (nSPS) is 24.4. The minimum Gasteiger partial charge on any atom is -0.338 e. The Kier molecular flexibility index (Phi) is 6.30. The second-order valence-electron chi connectivity index (χ2n) is 7.98. The first-order chi connectivity index (χ1) is 12.8. The molecular weight excluding hydrogens is 344 g/mol. The van der Waals surface area contributed by atoms with Gasteiger partial charge >= 0.3 is 0 Å². The highest BCUT2D eigenvalue weighted by molar-refractivity contribution is 7.95. The van der Waals surface area contributed by atoms with Gasteiger partial charge in [-0.25, -0.2) is 19.0 Å². The van der Waals surface area contributed by atoms with E-state index in [1.807, 2.05) is 30.6 Å². The van der Waals surface area contributed by atoms with Crippen LogP contribution in [0.15, 0.2) is 18.5 Å². The van der Waals surface area contributed by atoms with Crippen LogP contribution < -0.4 is 9.62 Å². The van der Waals surface area contributed by atoms with Gasteiger partial charge in [0, 0.05) is 69.3 Å². The lowest BCUT2D eigenvalue weighted by Crippen LogP contribution is -2.47. The van der Waals surface area contributed by atoms with Crippen molar-refractivity contribution in [2.24, 2.45) is 0 Å². The van der Waals surface area contributed by atoms with Gasteiger partial charge in [-0.05, 0) is 38.3 Å². The van der Waals surface area contributed by atoms with Crippen molar-refractivity contribution < 1.29 is 0 Å². The van der Waals surface area contributed by atoms with Gasteiger partial charge in [-0.2, -0.15) is 0 Å². The van der Waals surface area contributed by atoms with Crippen LogP contribution in [0.2, 0.25) is 0 Å². The average molecular weight is 377 g/mol. The number of nitrogens with zero attached hydrogens (tertiary/aromatic N) is 5. The molecule has 1 saturated carbocycles. The summed E-state index contributed by atoms with van der Waals surface area (Å²) in [4.78, 5) is 13.6. The number of aromatic nitrogens is 2. The summed E-state index contributed by atoms with van der Waals surface area (Å²) in [5.41, 5.74) is 0.429. The molecule has 0 bridgehead atoms. The van der Waals surface area contributed by atoms with Crippen molar-refractivity contribution in [3.63, 3.8) is 0 Å². The largest absolute Gasteiger partial charge is 0.338 e. The molecule has 0 atom stereocenters. The summed E-state index contributed by atoms with van der Waals surface area (Å²) in [6.07, 6.45) is 13.2. The van der Waals surface area contributed by atoms with Gasteiger partial charge in [0.15, 0.2) is 0 Å². The molecule has 144 valence electrons. The molecule has 6 nitrogen and oxygen atoms in total. The van der Waals surface area contributed by atoms with Crippen LogP contribution in [0.25, 0.3) is 0 Å². The SMILES string of the molecule is c1cnc(N2CCN(CCCCN3CC4(CCCCC4)NS3)CC2)nc1. The maximum atomic E-state index is 4.37. The second kappa shape index (κ2) is 8.87. The molecule has 1 aromatic heterocycles. The summed E-state index contributed by atoms with van der Waals surface area (Å²) in [5, 5.41) is 0. The number of unbranched alkanes of at least 4 members (excludes halogenated alkanes) is 1. The molecule has 1 aromatic rings. The molecule has 3 fully saturated rings. The molecule has 3 heterocycles. The van der Waals surface area contributed by atoms with Crippen molar-refractivity contribution in [1.29, 1.82) is 0 Å². The summed E-state index contributed by atoms with van der Waals surface area (Å²) in [6.45, 7) is 8.02. The van der Waals surface area contributed by atoms with Crippen LogP contribution in [0.1, 0.15) is 44.9 Å². The first kappa shape index (κ1) is 18.5. The fraction of sp³-hybridized carbons (Fsp3) is 0.789. The van der Waals surface area contributed by atoms with E-state index >= 15 is 0 Å². The van der Waals surface area contributed by atoms with Crippen molar-refractivity contribution in [3.05, 3.63) is 18.5 Å². The lowest BCUT2D eigenvalue weighted by Gasteiger charge is -2.34. The van der Waals surface area contributed by atoms with E-state index in [1.54, 1.807) is 0 Å². The quantitative estimate of drug-likeness (QED) is 0.605. The van der Waals surface area contributed by atoms with Crippen LogP contribution in [-0.2, 0) is 0 Å². The topological polar surface area (TPSA) is 47.5 Å². The van der Waals surface area contributed by atoms with Crippen molar-refractivity contribution >= 4 is 18.1 Å². The molecule has 1 N–H and O–H groups in total. The zero-order valence-corrected chi connectivity index (χ0v) is 16.6. The molecule has 26 heavy (non-hydrogen) atoms. The van der Waals surface area contributed by atoms with E-state index in [0.717, 1.165) is 32.1 Å². The molecule has 2 saturated heterocycles. The van der Waals surface area contributed by atoms with E-state index in [2.05, 4.69) is 28.8 Å². The van der Waals surface area contributed by atoms with E-state index in [-0.39, 0.29) is 0 Å². The number of hydrogen-bond acceptors (Lipinski definition) is 7. The zero-order valence-electron chi connectivity index (χ0n) is 15.8. The van der Waals surface area contributed by atoms with Gasteiger partial charge in [-0.1, -0.05) is 19.3 Å². The molecule has 1 aliphatic carbocycles. The Bertz CT molecular complexity index is 542. The summed E-state index contributed by atoms with van der Waals surface area (Å²) >= 11 is 1.88. The predicted molar refractivity (Wildman–Crippen MR) is 108 cm³/mol. The first-order valence-electron chi connectivity index (χ1n) is 10.3. The fourth-order valence-electron chi connectivity index (χ4n) is 4.43. The van der Waals surface area contributed by atoms with Crippen molar-refractivity contribution in [1.82, 2.24) is 23.9 Å². The lowest BCUT2D eigenvalue weighted by atomic mass is 9.82. The monoisotopic (exact) mass is 376 g/mol. The highest BCUT2D eigenvalue weighted by Gasteiger charge is 2.39. The van der Waals surface area contributed by atoms with Crippen LogP contribution in [-0.4, -0.2) is 70.5 Å². The Morgan fingerprint density at radius 2 is 1.69 bits per heavy atom. The maximum absolute atomic E-state index is 4.37. The van der Waals surface area contributed by atoms with Gasteiger partial charge in [0.25, 0.3) is 0 Å². The molecule has 1 spiro atoms. The third-order valence-corrected chi connectivity index (χ3v) is 7.11. The van der Waals surface area contributed by atoms with Crippen LogP contribution in [0.5, 0.6) is 0 Å². The Morgan fingerprint density at radius 3 is 2.46 bits per heavy atom. The summed E-state index contributed by atoms with van der Waals surface area (Å²) in [6, 6.07) is 1.88. The number of nitrogens with one attached hydrogen (secondary N) is 1. The average Bonchev–Trinajstić information content (AvgIpc) is 3.09. The van der Waals surface area contributed by atoms with Gasteiger partial charge in [-0.3, -0.25) is 4.90 Å². The van der Waals surface area contributed by atoms with Crippen LogP contribution in [0.4, 0.5) is 5.95 Å². The minimum absolute atomic E-state index is 0.429. The van der Waals surface area contributed by atoms with Gasteiger partial charge in [0.05, 0.1) is 0 Å². The number of anilines is 1. The smallest absolute Gasteiger partial charge is 0.225 e. The highest BCUT2D eigenvalue weighted by atomic mass is 32.2. The van der Waals surface area contributed by atoms with Crippen molar-refractivity contribution in [3.8, 4) is 0 Å². The number of hydrogen-bond donors (Lipinski definition) is 1. The third kappa shape index (κ3) is 4.68. The molecule has 0 aromatic carbocycles. The lowest BCUT2D eigenvalue weighted by molar-refractivity contribution is 0.238. The maximum Gasteiger partial charge on any atom is 0.225 e. The molecular formula is C19H32N6S. The first-order valence-corrected chi connectivity index (χ1v) is 11.0. The molecule has 2 aliphatic heterocycles. The highest BCUT2D eigenvalue weighted by Crippen LogP contribution is 2.36. The van der Waals surface area contributed by atoms with E-state index in [1.165, 1.54) is 64.6 Å². The Morgan fingerprint density at radius 1 is 0.962 bits per heavy atom. The molecule has 0 radical (unpaired) electrons. The van der Waals surface area contributed by atoms with Gasteiger partial charge in [0.1, 0.15) is 0 Å². The minimum atomic E-state index is 0.429. The molecule has 3 aliphatic rings. The van der Waals surface area contributed by atoms with E-state index in [9.17, 15) is 0 Å². The Balaban J connectivity index is 1.10. The van der Waals surface area contributed by atoms with Gasteiger partial charge in [-0.15, -0.1) is 0 Å². The zero-order chi connectivity index (χ0) is 17.7. The van der Waals surface area contributed by atoms with Gasteiger partial charge < -0.3 is 4.90 Å². The molecule has 0 unspecified atom stereocenters. The van der Waals surface area contributed by atoms with Crippen LogP contribution in [0, 0.1) is 0 Å². The summed E-state index contributed by atoms with van der Waals surface area (Å²) in [5.74, 6) is 0.877. The second-order valence-corrected chi connectivity index (χ2v) is 8.89. The van der Waals surface area contributed by atoms with Crippen LogP contribution >= 0.6 is 12.1 Å². The Hall–Kier alpha value is -0.890. The number of rotatable bonds is 6. The Labute approximate surface area is 162 Å². The molecule has 4 rings (SSSR count). The molecule has 0 amide bonds. The van der Waals surface area contributed by atoms with Crippen molar-refractivity contribution in [2.45, 2.75) is 50.5 Å². The predicted octanol–water partition coefficient (Wildman–Crippen LogP) is 2.55. The van der Waals surface area contributed by atoms with Gasteiger partial charge in [0.2, 0.25) is 5.95 Å². The van der Waals surface area contributed by atoms with E-state index < -0.39 is 0 Å². The summed E-state index contributed by atoms with van der Waals surface area (Å²) < 4.78 is 6.31. The van der Waals surface area contributed by atoms with E-state index in [0.29, 0.717) is 5.54 Å².